The third-order valence-electron chi connectivity index (χ3n) is 3.80. The van der Waals surface area contributed by atoms with Gasteiger partial charge < -0.3 is 5.73 Å². The molecule has 2 nitrogen and oxygen atoms in total. The molecule has 0 bridgehead atoms. The Morgan fingerprint density at radius 2 is 1.82 bits per heavy atom. The van der Waals surface area contributed by atoms with Gasteiger partial charge in [-0.2, -0.15) is 0 Å². The van der Waals surface area contributed by atoms with Gasteiger partial charge in [0.25, 0.3) is 0 Å². The summed E-state index contributed by atoms with van der Waals surface area (Å²) >= 11 is 1.76. The number of thioether (sulfide) groups is 1. The average Bonchev–Trinajstić information content (AvgIpc) is 2.53. The summed E-state index contributed by atoms with van der Waals surface area (Å²) in [5.41, 5.74) is 9.02. The molecule has 0 aliphatic rings. The van der Waals surface area contributed by atoms with Crippen molar-refractivity contribution < 1.29 is 4.79 Å². The van der Waals surface area contributed by atoms with Crippen molar-refractivity contribution in [2.24, 2.45) is 11.7 Å². The Morgan fingerprint density at radius 1 is 1.14 bits per heavy atom. The molecule has 1 unspecified atom stereocenters. The molecular weight excluding hydrogens is 290 g/mol. The van der Waals surface area contributed by atoms with E-state index in [2.05, 4.69) is 61.7 Å². The number of amides is 1. The maximum atomic E-state index is 10.9. The Morgan fingerprint density at radius 3 is 2.50 bits per heavy atom. The molecule has 0 heterocycles. The molecule has 3 heteroatoms. The highest BCUT2D eigenvalue weighted by molar-refractivity contribution is 7.98. The van der Waals surface area contributed by atoms with Crippen LogP contribution in [0.15, 0.2) is 53.4 Å². The van der Waals surface area contributed by atoms with Crippen LogP contribution in [0.1, 0.15) is 25.3 Å². The second-order valence-corrected chi connectivity index (χ2v) is 6.63. The van der Waals surface area contributed by atoms with E-state index in [0.717, 1.165) is 12.8 Å². The van der Waals surface area contributed by atoms with Gasteiger partial charge in [0.1, 0.15) is 0 Å². The van der Waals surface area contributed by atoms with Crippen molar-refractivity contribution in [3.8, 4) is 11.1 Å². The van der Waals surface area contributed by atoms with Gasteiger partial charge in [0.2, 0.25) is 5.91 Å². The van der Waals surface area contributed by atoms with E-state index < -0.39 is 0 Å². The number of hydrogen-bond acceptors (Lipinski definition) is 2. The standard InChI is InChI=1S/C19H23NOS/c1-14(9-10-19(20)21)11-15-5-3-6-16(12-15)17-7-4-8-18(13-17)22-2/h3-8,12-14H,9-11H2,1-2H3,(H2,20,21). The van der Waals surface area contributed by atoms with Crippen LogP contribution in [0.5, 0.6) is 0 Å². The quantitative estimate of drug-likeness (QED) is 0.764. The maximum absolute atomic E-state index is 10.9. The Hall–Kier alpha value is -1.74. The molecule has 116 valence electrons. The van der Waals surface area contributed by atoms with Gasteiger partial charge in [0.05, 0.1) is 0 Å². The Labute approximate surface area is 137 Å². The lowest BCUT2D eigenvalue weighted by Gasteiger charge is -2.12. The summed E-state index contributed by atoms with van der Waals surface area (Å²) in [6, 6.07) is 17.3. The van der Waals surface area contributed by atoms with Crippen LogP contribution in [-0.2, 0) is 11.2 Å². The molecule has 0 aromatic heterocycles. The number of benzene rings is 2. The lowest BCUT2D eigenvalue weighted by Crippen LogP contribution is -2.12. The molecule has 0 saturated heterocycles. The Kier molecular flexibility index (Phi) is 6.08. The molecule has 2 N–H and O–H groups in total. The molecule has 0 radical (unpaired) electrons. The second-order valence-electron chi connectivity index (χ2n) is 5.75. The fourth-order valence-corrected chi connectivity index (χ4v) is 3.03. The highest BCUT2D eigenvalue weighted by Crippen LogP contribution is 2.26. The first-order valence-corrected chi connectivity index (χ1v) is 8.82. The number of nitrogens with two attached hydrogens (primary N) is 1. The van der Waals surface area contributed by atoms with Gasteiger partial charge in [-0.3, -0.25) is 4.79 Å². The van der Waals surface area contributed by atoms with E-state index in [9.17, 15) is 4.79 Å². The smallest absolute Gasteiger partial charge is 0.217 e. The monoisotopic (exact) mass is 313 g/mol. The van der Waals surface area contributed by atoms with Crippen molar-refractivity contribution in [1.82, 2.24) is 0 Å². The third-order valence-corrected chi connectivity index (χ3v) is 4.52. The highest BCUT2D eigenvalue weighted by atomic mass is 32.2. The summed E-state index contributed by atoms with van der Waals surface area (Å²) in [6.07, 6.45) is 4.39. The number of hydrogen-bond donors (Lipinski definition) is 1. The summed E-state index contributed by atoms with van der Waals surface area (Å²) < 4.78 is 0. The van der Waals surface area contributed by atoms with Gasteiger partial charge in [-0.15, -0.1) is 11.8 Å². The molecule has 2 aromatic rings. The van der Waals surface area contributed by atoms with E-state index in [-0.39, 0.29) is 5.91 Å². The molecule has 0 fully saturated rings. The normalized spacial score (nSPS) is 12.1. The van der Waals surface area contributed by atoms with E-state index in [1.807, 2.05) is 0 Å². The summed E-state index contributed by atoms with van der Waals surface area (Å²) in [5, 5.41) is 0. The van der Waals surface area contributed by atoms with Gasteiger partial charge in [-0.25, -0.2) is 0 Å². The predicted molar refractivity (Wildman–Crippen MR) is 95.0 cm³/mol. The molecule has 0 saturated carbocycles. The van der Waals surface area contributed by atoms with Crippen molar-refractivity contribution in [1.29, 1.82) is 0 Å². The summed E-state index contributed by atoms with van der Waals surface area (Å²) in [5.74, 6) is 0.245. The van der Waals surface area contributed by atoms with Crippen LogP contribution >= 0.6 is 11.8 Å². The molecule has 0 aliphatic carbocycles. The Bertz CT molecular complexity index is 639. The highest BCUT2D eigenvalue weighted by Gasteiger charge is 2.07. The fraction of sp³-hybridized carbons (Fsp3) is 0.316. The van der Waals surface area contributed by atoms with Crippen molar-refractivity contribution in [2.45, 2.75) is 31.1 Å². The molecule has 2 rings (SSSR count). The van der Waals surface area contributed by atoms with E-state index in [0.29, 0.717) is 12.3 Å². The fourth-order valence-electron chi connectivity index (χ4n) is 2.57. The maximum Gasteiger partial charge on any atom is 0.217 e. The molecule has 2 aromatic carbocycles. The van der Waals surface area contributed by atoms with Gasteiger partial charge >= 0.3 is 0 Å². The second kappa shape index (κ2) is 8.04. The number of carbonyl (C=O) groups excluding carboxylic acids is 1. The van der Waals surface area contributed by atoms with Gasteiger partial charge in [0.15, 0.2) is 0 Å². The first kappa shape index (κ1) is 16.6. The molecular formula is C19H23NOS. The summed E-state index contributed by atoms with van der Waals surface area (Å²) in [4.78, 5) is 12.2. The van der Waals surface area contributed by atoms with Gasteiger partial charge in [-0.05, 0) is 53.8 Å². The van der Waals surface area contributed by atoms with Crippen LogP contribution in [-0.4, -0.2) is 12.2 Å². The topological polar surface area (TPSA) is 43.1 Å². The van der Waals surface area contributed by atoms with Crippen LogP contribution in [0.3, 0.4) is 0 Å². The van der Waals surface area contributed by atoms with Crippen molar-refractivity contribution in [3.63, 3.8) is 0 Å². The molecule has 0 spiro atoms. The lowest BCUT2D eigenvalue weighted by atomic mass is 9.94. The van der Waals surface area contributed by atoms with Crippen LogP contribution in [0.25, 0.3) is 11.1 Å². The predicted octanol–water partition coefficient (Wildman–Crippen LogP) is 4.52. The first-order valence-electron chi connectivity index (χ1n) is 7.60. The summed E-state index contributed by atoms with van der Waals surface area (Å²) in [7, 11) is 0. The Balaban J connectivity index is 2.10. The van der Waals surface area contributed by atoms with Crippen LogP contribution in [0, 0.1) is 5.92 Å². The van der Waals surface area contributed by atoms with Crippen LogP contribution in [0.4, 0.5) is 0 Å². The minimum absolute atomic E-state index is 0.213. The average molecular weight is 313 g/mol. The minimum atomic E-state index is -0.213. The minimum Gasteiger partial charge on any atom is -0.370 e. The zero-order valence-corrected chi connectivity index (χ0v) is 14.0. The number of primary amides is 1. The molecule has 22 heavy (non-hydrogen) atoms. The van der Waals surface area contributed by atoms with Crippen molar-refractivity contribution in [2.75, 3.05) is 6.26 Å². The van der Waals surface area contributed by atoms with Crippen molar-refractivity contribution >= 4 is 17.7 Å². The van der Waals surface area contributed by atoms with E-state index in [1.54, 1.807) is 11.8 Å². The number of rotatable bonds is 7. The van der Waals surface area contributed by atoms with Crippen LogP contribution in [0.2, 0.25) is 0 Å². The van der Waals surface area contributed by atoms with Crippen molar-refractivity contribution in [3.05, 3.63) is 54.1 Å². The summed E-state index contributed by atoms with van der Waals surface area (Å²) in [6.45, 7) is 2.17. The van der Waals surface area contributed by atoms with E-state index in [4.69, 9.17) is 5.73 Å². The molecule has 1 atom stereocenters. The SMILES string of the molecule is CSc1cccc(-c2cccc(CC(C)CCC(N)=O)c2)c1. The third kappa shape index (κ3) is 4.92. The molecule has 1 amide bonds. The largest absolute Gasteiger partial charge is 0.370 e. The van der Waals surface area contributed by atoms with Crippen LogP contribution < -0.4 is 5.73 Å². The van der Waals surface area contributed by atoms with E-state index >= 15 is 0 Å². The first-order chi connectivity index (χ1) is 10.6. The number of carbonyl (C=O) groups is 1. The zero-order chi connectivity index (χ0) is 15.9. The van der Waals surface area contributed by atoms with Gasteiger partial charge in [0, 0.05) is 11.3 Å². The zero-order valence-electron chi connectivity index (χ0n) is 13.2. The van der Waals surface area contributed by atoms with Gasteiger partial charge in [-0.1, -0.05) is 43.3 Å². The lowest BCUT2D eigenvalue weighted by molar-refractivity contribution is -0.118. The van der Waals surface area contributed by atoms with E-state index in [1.165, 1.54) is 21.6 Å². The molecule has 0 aliphatic heterocycles.